The minimum absolute atomic E-state index is 0.128. The van der Waals surface area contributed by atoms with E-state index in [-0.39, 0.29) is 22.8 Å². The Labute approximate surface area is 171 Å². The number of anilines is 1. The molecule has 0 aliphatic rings. The van der Waals surface area contributed by atoms with Crippen molar-refractivity contribution in [2.45, 2.75) is 37.8 Å². The minimum Gasteiger partial charge on any atom is -0.348 e. The topological polar surface area (TPSA) is 104 Å². The van der Waals surface area contributed by atoms with Crippen molar-refractivity contribution in [1.82, 2.24) is 10.6 Å². The van der Waals surface area contributed by atoms with E-state index in [2.05, 4.69) is 16.0 Å². The number of carbonyl (C=O) groups is 2. The van der Waals surface area contributed by atoms with Gasteiger partial charge in [0.1, 0.15) is 6.04 Å². The normalized spacial score (nSPS) is 13.4. The standard InChI is InChI=1S/C21H27N3O4S/c1-14(2)19(24-21(26)23-17-8-6-5-7-9-17)20(25)22-15(3)16-10-12-18(13-11-16)29(4,27)28/h5-15,19H,1-4H3,(H,22,25)(H2,23,24,26)/t15-,19-/m1/s1. The molecular weight excluding hydrogens is 390 g/mol. The van der Waals surface area contributed by atoms with Gasteiger partial charge in [0.25, 0.3) is 0 Å². The summed E-state index contributed by atoms with van der Waals surface area (Å²) in [5, 5.41) is 8.28. The second-order valence-electron chi connectivity index (χ2n) is 7.26. The van der Waals surface area contributed by atoms with Gasteiger partial charge in [-0.2, -0.15) is 0 Å². The van der Waals surface area contributed by atoms with Crippen LogP contribution in [-0.2, 0) is 14.6 Å². The maximum atomic E-state index is 12.7. The number of carbonyl (C=O) groups excluding carboxylic acids is 2. The van der Waals surface area contributed by atoms with Crippen LogP contribution in [0.25, 0.3) is 0 Å². The molecule has 3 amide bonds. The Morgan fingerprint density at radius 2 is 1.45 bits per heavy atom. The zero-order valence-electron chi connectivity index (χ0n) is 17.0. The number of benzene rings is 2. The summed E-state index contributed by atoms with van der Waals surface area (Å²) in [6.45, 7) is 5.49. The van der Waals surface area contributed by atoms with Gasteiger partial charge in [-0.3, -0.25) is 4.79 Å². The van der Waals surface area contributed by atoms with Crippen LogP contribution in [0.4, 0.5) is 10.5 Å². The zero-order valence-corrected chi connectivity index (χ0v) is 17.8. The average Bonchev–Trinajstić information content (AvgIpc) is 2.66. The highest BCUT2D eigenvalue weighted by Gasteiger charge is 2.25. The van der Waals surface area contributed by atoms with Crippen molar-refractivity contribution < 1.29 is 18.0 Å². The van der Waals surface area contributed by atoms with Crippen LogP contribution in [-0.4, -0.2) is 32.7 Å². The number of nitrogens with one attached hydrogen (secondary N) is 3. The minimum atomic E-state index is -3.27. The van der Waals surface area contributed by atoms with Gasteiger partial charge in [-0.05, 0) is 42.7 Å². The second kappa shape index (κ2) is 9.56. The highest BCUT2D eigenvalue weighted by molar-refractivity contribution is 7.90. The summed E-state index contributed by atoms with van der Waals surface area (Å²) in [6, 6.07) is 13.8. The summed E-state index contributed by atoms with van der Waals surface area (Å²) in [5.41, 5.74) is 1.40. The van der Waals surface area contributed by atoms with Crippen molar-refractivity contribution in [2.75, 3.05) is 11.6 Å². The molecule has 0 aliphatic carbocycles. The third kappa shape index (κ3) is 6.60. The van der Waals surface area contributed by atoms with E-state index in [0.717, 1.165) is 11.8 Å². The fourth-order valence-corrected chi connectivity index (χ4v) is 3.39. The van der Waals surface area contributed by atoms with Crippen LogP contribution in [0, 0.1) is 5.92 Å². The Hall–Kier alpha value is -2.87. The first-order valence-electron chi connectivity index (χ1n) is 9.31. The van der Waals surface area contributed by atoms with Crippen LogP contribution in [0.5, 0.6) is 0 Å². The van der Waals surface area contributed by atoms with Crippen LogP contribution in [0.2, 0.25) is 0 Å². The average molecular weight is 418 g/mol. The quantitative estimate of drug-likeness (QED) is 0.644. The van der Waals surface area contributed by atoms with E-state index in [9.17, 15) is 18.0 Å². The van der Waals surface area contributed by atoms with Crippen LogP contribution < -0.4 is 16.0 Å². The summed E-state index contributed by atoms with van der Waals surface area (Å²) >= 11 is 0. The first kappa shape index (κ1) is 22.4. The lowest BCUT2D eigenvalue weighted by atomic mass is 10.0. The molecule has 0 aromatic heterocycles. The van der Waals surface area contributed by atoms with Gasteiger partial charge in [0.05, 0.1) is 10.9 Å². The molecule has 0 aliphatic heterocycles. The van der Waals surface area contributed by atoms with Crippen LogP contribution in [0.15, 0.2) is 59.5 Å². The van der Waals surface area contributed by atoms with Gasteiger partial charge < -0.3 is 16.0 Å². The predicted octanol–water partition coefficient (Wildman–Crippen LogP) is 3.11. The summed E-state index contributed by atoms with van der Waals surface area (Å²) in [5.74, 6) is -0.445. The largest absolute Gasteiger partial charge is 0.348 e. The molecule has 0 fully saturated rings. The van der Waals surface area contributed by atoms with Crippen molar-refractivity contribution in [3.8, 4) is 0 Å². The summed E-state index contributed by atoms with van der Waals surface area (Å²) < 4.78 is 23.1. The smallest absolute Gasteiger partial charge is 0.319 e. The Kier molecular flexibility index (Phi) is 7.39. The lowest BCUT2D eigenvalue weighted by Crippen LogP contribution is -2.51. The van der Waals surface area contributed by atoms with Crippen LogP contribution >= 0.6 is 0 Å². The van der Waals surface area contributed by atoms with Crippen molar-refractivity contribution in [1.29, 1.82) is 0 Å². The van der Waals surface area contributed by atoms with Gasteiger partial charge in [-0.15, -0.1) is 0 Å². The molecule has 0 saturated heterocycles. The zero-order chi connectivity index (χ0) is 21.6. The first-order chi connectivity index (χ1) is 13.6. The highest BCUT2D eigenvalue weighted by Crippen LogP contribution is 2.17. The molecule has 2 aromatic carbocycles. The number of hydrogen-bond acceptors (Lipinski definition) is 4. The van der Waals surface area contributed by atoms with Gasteiger partial charge >= 0.3 is 6.03 Å². The van der Waals surface area contributed by atoms with E-state index in [1.807, 2.05) is 19.9 Å². The fourth-order valence-electron chi connectivity index (χ4n) is 2.76. The molecule has 3 N–H and O–H groups in total. The number of para-hydroxylation sites is 1. The van der Waals surface area contributed by atoms with E-state index in [4.69, 9.17) is 0 Å². The fraction of sp³-hybridized carbons (Fsp3) is 0.333. The van der Waals surface area contributed by atoms with E-state index < -0.39 is 21.9 Å². The van der Waals surface area contributed by atoms with Crippen LogP contribution in [0.3, 0.4) is 0 Å². The predicted molar refractivity (Wildman–Crippen MR) is 113 cm³/mol. The Morgan fingerprint density at radius 3 is 1.97 bits per heavy atom. The van der Waals surface area contributed by atoms with Crippen molar-refractivity contribution >= 4 is 27.5 Å². The van der Waals surface area contributed by atoms with Gasteiger partial charge in [-0.25, -0.2) is 13.2 Å². The maximum Gasteiger partial charge on any atom is 0.319 e. The third-order valence-corrected chi connectivity index (χ3v) is 5.56. The van der Waals surface area contributed by atoms with Gasteiger partial charge in [0.2, 0.25) is 5.91 Å². The van der Waals surface area contributed by atoms with E-state index >= 15 is 0 Å². The Morgan fingerprint density at radius 1 is 0.862 bits per heavy atom. The molecule has 2 aromatic rings. The lowest BCUT2D eigenvalue weighted by Gasteiger charge is -2.24. The van der Waals surface area contributed by atoms with Crippen LogP contribution in [0.1, 0.15) is 32.4 Å². The molecule has 2 rings (SSSR count). The van der Waals surface area contributed by atoms with Crippen molar-refractivity contribution in [3.63, 3.8) is 0 Å². The highest BCUT2D eigenvalue weighted by atomic mass is 32.2. The monoisotopic (exact) mass is 417 g/mol. The molecule has 0 unspecified atom stereocenters. The number of rotatable bonds is 7. The summed E-state index contributed by atoms with van der Waals surface area (Å²) in [6.07, 6.45) is 1.15. The number of amides is 3. The first-order valence-corrected chi connectivity index (χ1v) is 11.2. The molecule has 8 heteroatoms. The number of hydrogen-bond donors (Lipinski definition) is 3. The Bertz CT molecular complexity index is 942. The number of urea groups is 1. The lowest BCUT2D eigenvalue weighted by molar-refractivity contribution is -0.124. The number of sulfone groups is 1. The third-order valence-electron chi connectivity index (χ3n) is 4.43. The van der Waals surface area contributed by atoms with E-state index in [0.29, 0.717) is 5.69 Å². The molecule has 0 bridgehead atoms. The molecule has 29 heavy (non-hydrogen) atoms. The molecule has 7 nitrogen and oxygen atoms in total. The molecule has 0 spiro atoms. The van der Waals surface area contributed by atoms with Gasteiger partial charge in [0, 0.05) is 11.9 Å². The molecule has 0 saturated carbocycles. The molecule has 2 atom stereocenters. The second-order valence-corrected chi connectivity index (χ2v) is 9.27. The van der Waals surface area contributed by atoms with E-state index in [1.165, 1.54) is 12.1 Å². The van der Waals surface area contributed by atoms with Gasteiger partial charge in [0.15, 0.2) is 9.84 Å². The molecule has 0 heterocycles. The SMILES string of the molecule is CC(C)[C@@H](NC(=O)Nc1ccccc1)C(=O)N[C@H](C)c1ccc(S(C)(=O)=O)cc1. The molecule has 0 radical (unpaired) electrons. The van der Waals surface area contributed by atoms with Crippen molar-refractivity contribution in [2.24, 2.45) is 5.92 Å². The van der Waals surface area contributed by atoms with E-state index in [1.54, 1.807) is 43.3 Å². The summed E-state index contributed by atoms with van der Waals surface area (Å²) in [4.78, 5) is 25.2. The maximum absolute atomic E-state index is 12.7. The summed E-state index contributed by atoms with van der Waals surface area (Å²) in [7, 11) is -3.27. The van der Waals surface area contributed by atoms with Crippen molar-refractivity contribution in [3.05, 3.63) is 60.2 Å². The molecule has 156 valence electrons. The van der Waals surface area contributed by atoms with Gasteiger partial charge in [-0.1, -0.05) is 44.2 Å². The molecular formula is C21H27N3O4S. The Balaban J connectivity index is 2.02.